The average molecular weight is 312 g/mol. The lowest BCUT2D eigenvalue weighted by Crippen LogP contribution is -2.46. The van der Waals surface area contributed by atoms with Crippen LogP contribution in [-0.2, 0) is 0 Å². The lowest BCUT2D eigenvalue weighted by Gasteiger charge is -2.28. The molecule has 23 heavy (non-hydrogen) atoms. The van der Waals surface area contributed by atoms with Gasteiger partial charge in [0.25, 0.3) is 5.91 Å². The van der Waals surface area contributed by atoms with Crippen LogP contribution in [0.5, 0.6) is 17.2 Å². The summed E-state index contributed by atoms with van der Waals surface area (Å²) in [6, 6.07) is 14.8. The summed E-state index contributed by atoms with van der Waals surface area (Å²) in [5.74, 6) is 1.89. The average Bonchev–Trinajstić information content (AvgIpc) is 2.62. The van der Waals surface area contributed by atoms with E-state index in [1.54, 1.807) is 25.3 Å². The van der Waals surface area contributed by atoms with Crippen molar-refractivity contribution in [2.45, 2.75) is 0 Å². The Morgan fingerprint density at radius 1 is 1.04 bits per heavy atom. The zero-order chi connectivity index (χ0) is 16.1. The Morgan fingerprint density at radius 2 is 1.78 bits per heavy atom. The zero-order valence-corrected chi connectivity index (χ0v) is 13.1. The summed E-state index contributed by atoms with van der Waals surface area (Å²) in [4.78, 5) is 14.6. The molecule has 2 aromatic rings. The van der Waals surface area contributed by atoms with E-state index in [0.29, 0.717) is 30.2 Å². The largest absolute Gasteiger partial charge is 0.496 e. The normalized spacial score (nSPS) is 14.4. The number of carbonyl (C=O) groups excluding carboxylic acids is 1. The molecule has 1 heterocycles. The molecular weight excluding hydrogens is 292 g/mol. The van der Waals surface area contributed by atoms with Crippen LogP contribution in [0.1, 0.15) is 10.4 Å². The fourth-order valence-electron chi connectivity index (χ4n) is 2.58. The van der Waals surface area contributed by atoms with Crippen molar-refractivity contribution < 1.29 is 14.3 Å². The van der Waals surface area contributed by atoms with Crippen molar-refractivity contribution >= 4 is 5.91 Å². The molecule has 1 aliphatic rings. The Hall–Kier alpha value is -2.53. The maximum absolute atomic E-state index is 12.7. The highest BCUT2D eigenvalue weighted by Gasteiger charge is 2.22. The number of ether oxygens (including phenoxy) is 2. The van der Waals surface area contributed by atoms with Gasteiger partial charge in [-0.15, -0.1) is 0 Å². The molecule has 0 unspecified atom stereocenters. The molecule has 0 radical (unpaired) electrons. The Kier molecular flexibility index (Phi) is 4.78. The number of methoxy groups -OCH3 is 1. The molecule has 0 aromatic heterocycles. The quantitative estimate of drug-likeness (QED) is 0.942. The van der Waals surface area contributed by atoms with Gasteiger partial charge in [-0.25, -0.2) is 0 Å². The van der Waals surface area contributed by atoms with Gasteiger partial charge in [-0.2, -0.15) is 0 Å². The van der Waals surface area contributed by atoms with Gasteiger partial charge in [-0.3, -0.25) is 4.79 Å². The molecule has 0 spiro atoms. The van der Waals surface area contributed by atoms with E-state index in [-0.39, 0.29) is 5.91 Å². The van der Waals surface area contributed by atoms with Crippen LogP contribution in [0.3, 0.4) is 0 Å². The molecule has 0 bridgehead atoms. The second kappa shape index (κ2) is 7.15. The Morgan fingerprint density at radius 3 is 2.48 bits per heavy atom. The zero-order valence-electron chi connectivity index (χ0n) is 13.1. The van der Waals surface area contributed by atoms with E-state index in [1.807, 2.05) is 35.2 Å². The van der Waals surface area contributed by atoms with Crippen molar-refractivity contribution in [1.82, 2.24) is 10.2 Å². The summed E-state index contributed by atoms with van der Waals surface area (Å²) in [5.41, 5.74) is 0.530. The SMILES string of the molecule is COc1ccc(Oc2ccccc2)cc1C(=O)N1CCNCC1. The summed E-state index contributed by atoms with van der Waals surface area (Å²) in [5, 5.41) is 3.24. The maximum Gasteiger partial charge on any atom is 0.257 e. The van der Waals surface area contributed by atoms with Gasteiger partial charge in [0.05, 0.1) is 12.7 Å². The molecule has 1 amide bonds. The molecule has 120 valence electrons. The van der Waals surface area contributed by atoms with Crippen LogP contribution in [0.25, 0.3) is 0 Å². The van der Waals surface area contributed by atoms with Crippen LogP contribution in [0.15, 0.2) is 48.5 Å². The van der Waals surface area contributed by atoms with Gasteiger partial charge in [0, 0.05) is 26.2 Å². The molecule has 1 fully saturated rings. The first kappa shape index (κ1) is 15.4. The van der Waals surface area contributed by atoms with Crippen LogP contribution < -0.4 is 14.8 Å². The number of piperazine rings is 1. The van der Waals surface area contributed by atoms with Crippen molar-refractivity contribution in [3.05, 3.63) is 54.1 Å². The minimum Gasteiger partial charge on any atom is -0.496 e. The van der Waals surface area contributed by atoms with Gasteiger partial charge in [0.2, 0.25) is 0 Å². The number of hydrogen-bond acceptors (Lipinski definition) is 4. The van der Waals surface area contributed by atoms with Crippen molar-refractivity contribution in [3.8, 4) is 17.2 Å². The molecule has 5 heteroatoms. The van der Waals surface area contributed by atoms with Crippen molar-refractivity contribution in [2.75, 3.05) is 33.3 Å². The number of para-hydroxylation sites is 1. The summed E-state index contributed by atoms with van der Waals surface area (Å²) in [7, 11) is 1.57. The molecule has 0 aliphatic carbocycles. The minimum atomic E-state index is -0.0261. The number of hydrogen-bond donors (Lipinski definition) is 1. The molecule has 1 saturated heterocycles. The third-order valence-electron chi connectivity index (χ3n) is 3.78. The monoisotopic (exact) mass is 312 g/mol. The van der Waals surface area contributed by atoms with Crippen molar-refractivity contribution in [3.63, 3.8) is 0 Å². The number of rotatable bonds is 4. The van der Waals surface area contributed by atoms with Crippen LogP contribution in [-0.4, -0.2) is 44.1 Å². The second-order valence-corrected chi connectivity index (χ2v) is 5.32. The third-order valence-corrected chi connectivity index (χ3v) is 3.78. The first-order chi connectivity index (χ1) is 11.3. The van der Waals surface area contributed by atoms with Gasteiger partial charge in [-0.05, 0) is 30.3 Å². The standard InChI is InChI=1S/C18H20N2O3/c1-22-17-8-7-15(23-14-5-3-2-4-6-14)13-16(17)18(21)20-11-9-19-10-12-20/h2-8,13,19H,9-12H2,1H3. The minimum absolute atomic E-state index is 0.0261. The Balaban J connectivity index is 1.85. The Bertz CT molecular complexity index is 667. The summed E-state index contributed by atoms with van der Waals surface area (Å²) < 4.78 is 11.2. The second-order valence-electron chi connectivity index (χ2n) is 5.32. The van der Waals surface area contributed by atoms with E-state index in [0.717, 1.165) is 18.8 Å². The van der Waals surface area contributed by atoms with E-state index in [4.69, 9.17) is 9.47 Å². The van der Waals surface area contributed by atoms with Crippen LogP contribution in [0.4, 0.5) is 0 Å². The van der Waals surface area contributed by atoms with Gasteiger partial charge < -0.3 is 19.7 Å². The van der Waals surface area contributed by atoms with Gasteiger partial charge in [0.15, 0.2) is 0 Å². The predicted molar refractivity (Wildman–Crippen MR) is 88.3 cm³/mol. The molecule has 1 N–H and O–H groups in total. The summed E-state index contributed by atoms with van der Waals surface area (Å²) in [6.07, 6.45) is 0. The van der Waals surface area contributed by atoms with Gasteiger partial charge >= 0.3 is 0 Å². The molecule has 2 aromatic carbocycles. The molecule has 0 saturated carbocycles. The highest BCUT2D eigenvalue weighted by Crippen LogP contribution is 2.28. The molecular formula is C18H20N2O3. The maximum atomic E-state index is 12.7. The number of benzene rings is 2. The van der Waals surface area contributed by atoms with E-state index >= 15 is 0 Å². The summed E-state index contributed by atoms with van der Waals surface area (Å²) in [6.45, 7) is 3.03. The molecule has 0 atom stereocenters. The van der Waals surface area contributed by atoms with E-state index < -0.39 is 0 Å². The summed E-state index contributed by atoms with van der Waals surface area (Å²) >= 11 is 0. The lowest BCUT2D eigenvalue weighted by molar-refractivity contribution is 0.0732. The van der Waals surface area contributed by atoms with E-state index in [1.165, 1.54) is 0 Å². The van der Waals surface area contributed by atoms with Crippen LogP contribution in [0.2, 0.25) is 0 Å². The number of amides is 1. The van der Waals surface area contributed by atoms with Crippen molar-refractivity contribution in [1.29, 1.82) is 0 Å². The molecule has 3 rings (SSSR count). The fraction of sp³-hybridized carbons (Fsp3) is 0.278. The van der Waals surface area contributed by atoms with Gasteiger partial charge in [-0.1, -0.05) is 18.2 Å². The lowest BCUT2D eigenvalue weighted by atomic mass is 10.1. The van der Waals surface area contributed by atoms with Crippen molar-refractivity contribution in [2.24, 2.45) is 0 Å². The predicted octanol–water partition coefficient (Wildman–Crippen LogP) is 2.53. The Labute approximate surface area is 135 Å². The van der Waals surface area contributed by atoms with E-state index in [2.05, 4.69) is 5.32 Å². The smallest absolute Gasteiger partial charge is 0.257 e. The molecule has 1 aliphatic heterocycles. The third kappa shape index (κ3) is 3.63. The number of carbonyl (C=O) groups is 1. The topological polar surface area (TPSA) is 50.8 Å². The van der Waals surface area contributed by atoms with Gasteiger partial charge in [0.1, 0.15) is 17.2 Å². The fourth-order valence-corrected chi connectivity index (χ4v) is 2.58. The number of nitrogens with one attached hydrogen (secondary N) is 1. The van der Waals surface area contributed by atoms with Crippen LogP contribution in [0, 0.1) is 0 Å². The number of nitrogens with zero attached hydrogens (tertiary/aromatic N) is 1. The highest BCUT2D eigenvalue weighted by atomic mass is 16.5. The van der Waals surface area contributed by atoms with Crippen LogP contribution >= 0.6 is 0 Å². The highest BCUT2D eigenvalue weighted by molar-refractivity contribution is 5.97. The first-order valence-corrected chi connectivity index (χ1v) is 7.69. The molecule has 5 nitrogen and oxygen atoms in total. The van der Waals surface area contributed by atoms with E-state index in [9.17, 15) is 4.79 Å². The first-order valence-electron chi connectivity index (χ1n) is 7.69.